The van der Waals surface area contributed by atoms with E-state index in [9.17, 15) is 4.79 Å². The maximum absolute atomic E-state index is 12.6. The minimum absolute atomic E-state index is 0.140. The van der Waals surface area contributed by atoms with E-state index in [1.807, 2.05) is 50.5 Å². The lowest BCUT2D eigenvalue weighted by Gasteiger charge is -2.05. The van der Waals surface area contributed by atoms with Crippen LogP contribution in [0.15, 0.2) is 46.3 Å². The van der Waals surface area contributed by atoms with Crippen LogP contribution in [0.2, 0.25) is 0 Å². The second-order valence-corrected chi connectivity index (χ2v) is 6.20. The maximum Gasteiger partial charge on any atom is 0.282 e. The molecule has 5 nitrogen and oxygen atoms in total. The van der Waals surface area contributed by atoms with Crippen LogP contribution < -0.4 is 5.56 Å². The summed E-state index contributed by atoms with van der Waals surface area (Å²) in [5.41, 5.74) is 0.949. The van der Waals surface area contributed by atoms with Crippen molar-refractivity contribution >= 4 is 27.9 Å². The van der Waals surface area contributed by atoms with Crippen molar-refractivity contribution < 1.29 is 0 Å². The molecule has 0 spiro atoms. The first kappa shape index (κ1) is 14.5. The Labute approximate surface area is 132 Å². The summed E-state index contributed by atoms with van der Waals surface area (Å²) in [5.74, 6) is 0.581. The van der Waals surface area contributed by atoms with E-state index in [0.717, 1.165) is 15.3 Å². The Bertz CT molecular complexity index is 894. The van der Waals surface area contributed by atoms with Crippen LogP contribution in [0.5, 0.6) is 0 Å². The molecule has 0 saturated heterocycles. The average Bonchev–Trinajstić information content (AvgIpc) is 2.92. The van der Waals surface area contributed by atoms with Gasteiger partial charge in [-0.1, -0.05) is 30.3 Å². The van der Waals surface area contributed by atoms with E-state index in [-0.39, 0.29) is 5.56 Å². The standard InChI is InChI=1S/C16H16N4OS/c1-11-18-15-13(16(21)20(11)17-10-19(2)3)9-14(22-15)12-7-5-4-6-8-12/h4-10H,1-3H3/b17-10-. The number of fused-ring (bicyclic) bond motifs is 1. The van der Waals surface area contributed by atoms with Gasteiger partial charge in [0, 0.05) is 19.0 Å². The Morgan fingerprint density at radius 3 is 2.68 bits per heavy atom. The zero-order valence-electron chi connectivity index (χ0n) is 12.6. The summed E-state index contributed by atoms with van der Waals surface area (Å²) < 4.78 is 1.34. The van der Waals surface area contributed by atoms with Gasteiger partial charge in [-0.25, -0.2) is 4.98 Å². The van der Waals surface area contributed by atoms with Crippen LogP contribution in [0.1, 0.15) is 5.82 Å². The molecule has 0 aliphatic carbocycles. The van der Waals surface area contributed by atoms with Crippen molar-refractivity contribution in [3.63, 3.8) is 0 Å². The second kappa shape index (κ2) is 5.73. The van der Waals surface area contributed by atoms with E-state index in [0.29, 0.717) is 11.2 Å². The molecule has 3 rings (SSSR count). The van der Waals surface area contributed by atoms with Crippen molar-refractivity contribution in [3.05, 3.63) is 52.6 Å². The molecule has 0 fully saturated rings. The number of hydrogen-bond acceptors (Lipinski definition) is 4. The van der Waals surface area contributed by atoms with Crippen molar-refractivity contribution in [3.8, 4) is 10.4 Å². The third kappa shape index (κ3) is 2.65. The molecule has 0 aliphatic heterocycles. The zero-order chi connectivity index (χ0) is 15.7. The Morgan fingerprint density at radius 1 is 1.27 bits per heavy atom. The largest absolute Gasteiger partial charge is 0.367 e. The highest BCUT2D eigenvalue weighted by atomic mass is 32.1. The molecule has 0 amide bonds. The molecule has 0 bridgehead atoms. The topological polar surface area (TPSA) is 50.5 Å². The van der Waals surface area contributed by atoms with Gasteiger partial charge in [-0.05, 0) is 18.6 Å². The predicted molar refractivity (Wildman–Crippen MR) is 91.6 cm³/mol. The van der Waals surface area contributed by atoms with E-state index < -0.39 is 0 Å². The van der Waals surface area contributed by atoms with Gasteiger partial charge in [0.15, 0.2) is 0 Å². The summed E-state index contributed by atoms with van der Waals surface area (Å²) in [5, 5.41) is 4.79. The number of hydrogen-bond donors (Lipinski definition) is 0. The molecule has 112 valence electrons. The average molecular weight is 312 g/mol. The number of rotatable bonds is 3. The number of benzene rings is 1. The Balaban J connectivity index is 2.17. The Hall–Kier alpha value is -2.47. The summed E-state index contributed by atoms with van der Waals surface area (Å²) in [6, 6.07) is 11.9. The second-order valence-electron chi connectivity index (χ2n) is 5.17. The Kier molecular flexibility index (Phi) is 3.77. The molecule has 0 saturated carbocycles. The fraction of sp³-hybridized carbons (Fsp3) is 0.188. The summed E-state index contributed by atoms with van der Waals surface area (Å²) in [6.45, 7) is 1.79. The minimum atomic E-state index is -0.140. The number of thiophene rings is 1. The first-order valence-corrected chi connectivity index (χ1v) is 7.67. The van der Waals surface area contributed by atoms with E-state index in [2.05, 4.69) is 10.1 Å². The summed E-state index contributed by atoms with van der Waals surface area (Å²) >= 11 is 1.53. The summed E-state index contributed by atoms with van der Waals surface area (Å²) in [4.78, 5) is 20.7. The molecule has 2 aromatic heterocycles. The highest BCUT2D eigenvalue weighted by molar-refractivity contribution is 7.21. The van der Waals surface area contributed by atoms with Gasteiger partial charge in [-0.2, -0.15) is 9.78 Å². The SMILES string of the molecule is Cc1nc2sc(-c3ccccc3)cc2c(=O)n1/N=C\N(C)C. The van der Waals surface area contributed by atoms with Crippen molar-refractivity contribution in [1.29, 1.82) is 0 Å². The monoisotopic (exact) mass is 312 g/mol. The van der Waals surface area contributed by atoms with Crippen LogP contribution in [-0.2, 0) is 0 Å². The van der Waals surface area contributed by atoms with E-state index in [1.165, 1.54) is 16.0 Å². The molecule has 0 unspecified atom stereocenters. The van der Waals surface area contributed by atoms with Crippen LogP contribution in [0.3, 0.4) is 0 Å². The number of nitrogens with zero attached hydrogens (tertiary/aromatic N) is 4. The lowest BCUT2D eigenvalue weighted by molar-refractivity contribution is 0.626. The molecular formula is C16H16N4OS. The van der Waals surface area contributed by atoms with E-state index in [4.69, 9.17) is 0 Å². The predicted octanol–water partition coefficient (Wildman–Crippen LogP) is 2.79. The van der Waals surface area contributed by atoms with Crippen molar-refractivity contribution in [2.75, 3.05) is 14.1 Å². The molecule has 0 atom stereocenters. The van der Waals surface area contributed by atoms with Gasteiger partial charge in [0.05, 0.1) is 5.39 Å². The Morgan fingerprint density at radius 2 is 2.00 bits per heavy atom. The molecular weight excluding hydrogens is 296 g/mol. The molecule has 0 radical (unpaired) electrons. The lowest BCUT2D eigenvalue weighted by Crippen LogP contribution is -2.21. The zero-order valence-corrected chi connectivity index (χ0v) is 13.5. The van der Waals surface area contributed by atoms with Gasteiger partial charge in [0.2, 0.25) is 0 Å². The highest BCUT2D eigenvalue weighted by Crippen LogP contribution is 2.30. The van der Waals surface area contributed by atoms with Gasteiger partial charge < -0.3 is 4.90 Å². The third-order valence-electron chi connectivity index (χ3n) is 3.16. The first-order chi connectivity index (χ1) is 10.6. The molecule has 22 heavy (non-hydrogen) atoms. The van der Waals surface area contributed by atoms with Crippen LogP contribution in [0, 0.1) is 6.92 Å². The highest BCUT2D eigenvalue weighted by Gasteiger charge is 2.12. The van der Waals surface area contributed by atoms with Crippen LogP contribution in [-0.4, -0.2) is 35.0 Å². The van der Waals surface area contributed by atoms with Gasteiger partial charge in [-0.15, -0.1) is 11.3 Å². The van der Waals surface area contributed by atoms with Gasteiger partial charge in [-0.3, -0.25) is 4.79 Å². The molecule has 0 aliphatic rings. The maximum atomic E-state index is 12.6. The smallest absolute Gasteiger partial charge is 0.282 e. The summed E-state index contributed by atoms with van der Waals surface area (Å²) in [6.07, 6.45) is 1.59. The van der Waals surface area contributed by atoms with Gasteiger partial charge in [0.25, 0.3) is 5.56 Å². The first-order valence-electron chi connectivity index (χ1n) is 6.86. The van der Waals surface area contributed by atoms with Crippen LogP contribution >= 0.6 is 11.3 Å². The van der Waals surface area contributed by atoms with Crippen LogP contribution in [0.25, 0.3) is 20.7 Å². The number of aromatic nitrogens is 2. The quantitative estimate of drug-likeness (QED) is 0.552. The summed E-state index contributed by atoms with van der Waals surface area (Å²) in [7, 11) is 3.71. The molecule has 3 aromatic rings. The van der Waals surface area contributed by atoms with E-state index >= 15 is 0 Å². The molecule has 1 aromatic carbocycles. The van der Waals surface area contributed by atoms with Crippen LogP contribution in [0.4, 0.5) is 0 Å². The van der Waals surface area contributed by atoms with Crippen molar-refractivity contribution in [2.24, 2.45) is 5.10 Å². The van der Waals surface area contributed by atoms with Crippen molar-refractivity contribution in [1.82, 2.24) is 14.6 Å². The lowest BCUT2D eigenvalue weighted by atomic mass is 10.2. The van der Waals surface area contributed by atoms with E-state index in [1.54, 1.807) is 18.2 Å². The fourth-order valence-electron chi connectivity index (χ4n) is 2.11. The van der Waals surface area contributed by atoms with Gasteiger partial charge >= 0.3 is 0 Å². The normalized spacial score (nSPS) is 11.4. The third-order valence-corrected chi connectivity index (χ3v) is 4.24. The molecule has 0 N–H and O–H groups in total. The van der Waals surface area contributed by atoms with Crippen molar-refractivity contribution in [2.45, 2.75) is 6.92 Å². The van der Waals surface area contributed by atoms with Gasteiger partial charge in [0.1, 0.15) is 17.0 Å². The molecule has 6 heteroatoms. The fourth-order valence-corrected chi connectivity index (χ4v) is 3.18. The number of aryl methyl sites for hydroxylation is 1. The minimum Gasteiger partial charge on any atom is -0.367 e. The molecule has 2 heterocycles.